The van der Waals surface area contributed by atoms with Gasteiger partial charge >= 0.3 is 0 Å². The van der Waals surface area contributed by atoms with E-state index < -0.39 is 17.3 Å². The number of anilines is 1. The normalized spacial score (nSPS) is 10.7. The van der Waals surface area contributed by atoms with Crippen molar-refractivity contribution < 1.29 is 18.7 Å². The molecule has 3 aromatic heterocycles. The summed E-state index contributed by atoms with van der Waals surface area (Å²) >= 11 is 5.95. The number of fused-ring (bicyclic) bond motifs is 1. The summed E-state index contributed by atoms with van der Waals surface area (Å²) in [6, 6.07) is 18.2. The van der Waals surface area contributed by atoms with Gasteiger partial charge in [0.1, 0.15) is 34.2 Å². The minimum Gasteiger partial charge on any atom is -0.457 e. The number of aromatic nitrogens is 3. The number of ether oxygens (including phenoxy) is 1. The molecule has 11 heteroatoms. The van der Waals surface area contributed by atoms with Crippen LogP contribution in [0.3, 0.4) is 0 Å². The van der Waals surface area contributed by atoms with Crippen molar-refractivity contribution in [3.05, 3.63) is 118 Å². The summed E-state index contributed by atoms with van der Waals surface area (Å²) in [5.41, 5.74) is 0.384. The summed E-state index contributed by atoms with van der Waals surface area (Å²) in [7, 11) is 1.51. The van der Waals surface area contributed by atoms with Gasteiger partial charge in [0.25, 0.3) is 17.4 Å². The molecule has 0 saturated heterocycles. The van der Waals surface area contributed by atoms with Crippen molar-refractivity contribution in [2.75, 3.05) is 12.4 Å². The molecular formula is C28H19ClFN5O4. The van der Waals surface area contributed by atoms with Crippen LogP contribution in [-0.2, 0) is 0 Å². The van der Waals surface area contributed by atoms with Crippen molar-refractivity contribution in [3.63, 3.8) is 0 Å². The number of nitrogens with zero attached hydrogens (tertiary/aromatic N) is 3. The van der Waals surface area contributed by atoms with E-state index in [2.05, 4.69) is 20.6 Å². The Labute approximate surface area is 225 Å². The fourth-order valence-corrected chi connectivity index (χ4v) is 4.01. The predicted octanol–water partition coefficient (Wildman–Crippen LogP) is 4.98. The van der Waals surface area contributed by atoms with Gasteiger partial charge in [-0.05, 0) is 66.7 Å². The van der Waals surface area contributed by atoms with Crippen LogP contribution >= 0.6 is 11.6 Å². The van der Waals surface area contributed by atoms with Crippen LogP contribution in [0.1, 0.15) is 20.8 Å². The highest BCUT2D eigenvalue weighted by Crippen LogP contribution is 2.24. The van der Waals surface area contributed by atoms with E-state index in [1.165, 1.54) is 48.3 Å². The molecule has 194 valence electrons. The third-order valence-electron chi connectivity index (χ3n) is 5.71. The Morgan fingerprint density at radius 3 is 2.46 bits per heavy atom. The van der Waals surface area contributed by atoms with Crippen LogP contribution < -0.4 is 20.9 Å². The average Bonchev–Trinajstić information content (AvgIpc) is 2.95. The number of carbonyl (C=O) groups is 2. The van der Waals surface area contributed by atoms with E-state index in [9.17, 15) is 18.8 Å². The molecule has 0 bridgehead atoms. The van der Waals surface area contributed by atoms with Crippen molar-refractivity contribution >= 4 is 40.1 Å². The fourth-order valence-electron chi connectivity index (χ4n) is 3.84. The number of hydrogen-bond donors (Lipinski definition) is 2. The van der Waals surface area contributed by atoms with Gasteiger partial charge in [0, 0.05) is 36.6 Å². The maximum Gasteiger partial charge on any atom is 0.269 e. The van der Waals surface area contributed by atoms with Crippen LogP contribution in [0.25, 0.3) is 16.7 Å². The Kier molecular flexibility index (Phi) is 7.02. The lowest BCUT2D eigenvalue weighted by atomic mass is 10.1. The number of hydrogen-bond acceptors (Lipinski definition) is 6. The zero-order valence-electron chi connectivity index (χ0n) is 20.3. The highest BCUT2D eigenvalue weighted by Gasteiger charge is 2.18. The maximum absolute atomic E-state index is 13.8. The molecule has 2 aromatic carbocycles. The molecule has 5 aromatic rings. The molecule has 0 aliphatic heterocycles. The zero-order chi connectivity index (χ0) is 27.5. The first-order valence-electron chi connectivity index (χ1n) is 11.6. The largest absolute Gasteiger partial charge is 0.457 e. The summed E-state index contributed by atoms with van der Waals surface area (Å²) in [5.74, 6) is -0.765. The Morgan fingerprint density at radius 1 is 0.923 bits per heavy atom. The van der Waals surface area contributed by atoms with Gasteiger partial charge in [-0.1, -0.05) is 11.6 Å². The van der Waals surface area contributed by atoms with Crippen LogP contribution in [0, 0.1) is 5.82 Å². The van der Waals surface area contributed by atoms with Crippen molar-refractivity contribution in [2.45, 2.75) is 0 Å². The molecule has 9 nitrogen and oxygen atoms in total. The van der Waals surface area contributed by atoms with Crippen molar-refractivity contribution in [2.24, 2.45) is 0 Å². The molecule has 2 N–H and O–H groups in total. The van der Waals surface area contributed by atoms with Crippen LogP contribution in [0.5, 0.6) is 11.5 Å². The lowest BCUT2D eigenvalue weighted by Crippen LogP contribution is -2.29. The molecule has 0 radical (unpaired) electrons. The number of nitrogens with one attached hydrogen (secondary N) is 2. The molecule has 0 atom stereocenters. The molecule has 0 aliphatic carbocycles. The molecule has 0 saturated carbocycles. The van der Waals surface area contributed by atoms with Crippen LogP contribution in [0.15, 0.2) is 90.0 Å². The van der Waals surface area contributed by atoms with E-state index in [4.69, 9.17) is 16.3 Å². The SMILES string of the molecule is CNC(=O)c1cc(Oc2ccc(NC(=O)c3cc4cccnc4n(-c4ccc(F)c(Cl)c4)c3=O)cc2)ccn1. The van der Waals surface area contributed by atoms with Gasteiger partial charge in [0.15, 0.2) is 0 Å². The van der Waals surface area contributed by atoms with Crippen molar-refractivity contribution in [3.8, 4) is 17.2 Å². The second-order valence-electron chi connectivity index (χ2n) is 8.25. The van der Waals surface area contributed by atoms with Gasteiger partial charge in [0.2, 0.25) is 0 Å². The van der Waals surface area contributed by atoms with E-state index in [1.807, 2.05) is 0 Å². The van der Waals surface area contributed by atoms with Gasteiger partial charge < -0.3 is 15.4 Å². The number of carbonyl (C=O) groups excluding carboxylic acids is 2. The quantitative estimate of drug-likeness (QED) is 0.312. The second-order valence-corrected chi connectivity index (χ2v) is 8.66. The summed E-state index contributed by atoms with van der Waals surface area (Å²) in [6.45, 7) is 0. The Hall–Kier alpha value is -5.09. The third kappa shape index (κ3) is 5.32. The highest BCUT2D eigenvalue weighted by molar-refractivity contribution is 6.30. The summed E-state index contributed by atoms with van der Waals surface area (Å²) < 4.78 is 20.8. The first-order chi connectivity index (χ1) is 18.8. The number of halogens is 2. The number of amides is 2. The van der Waals surface area contributed by atoms with Gasteiger partial charge in [-0.2, -0.15) is 0 Å². The van der Waals surface area contributed by atoms with Gasteiger partial charge in [-0.3, -0.25) is 23.9 Å². The summed E-state index contributed by atoms with van der Waals surface area (Å²) in [4.78, 5) is 46.7. The first-order valence-corrected chi connectivity index (χ1v) is 12.0. The molecule has 0 aliphatic rings. The van der Waals surface area contributed by atoms with Gasteiger partial charge in [-0.25, -0.2) is 9.37 Å². The summed E-state index contributed by atoms with van der Waals surface area (Å²) in [5, 5.41) is 5.56. The highest BCUT2D eigenvalue weighted by atomic mass is 35.5. The first kappa shape index (κ1) is 25.6. The topological polar surface area (TPSA) is 115 Å². The minimum absolute atomic E-state index is 0.144. The average molecular weight is 544 g/mol. The molecule has 3 heterocycles. The van der Waals surface area contributed by atoms with Crippen molar-refractivity contribution in [1.29, 1.82) is 0 Å². The maximum atomic E-state index is 13.8. The molecule has 2 amide bonds. The Morgan fingerprint density at radius 2 is 1.72 bits per heavy atom. The Balaban J connectivity index is 1.41. The van der Waals surface area contributed by atoms with Crippen LogP contribution in [0.2, 0.25) is 5.02 Å². The monoisotopic (exact) mass is 543 g/mol. The van der Waals surface area contributed by atoms with E-state index in [1.54, 1.807) is 42.5 Å². The number of pyridine rings is 3. The molecule has 0 unspecified atom stereocenters. The Bertz CT molecular complexity index is 1790. The van der Waals surface area contributed by atoms with E-state index in [0.717, 1.165) is 6.07 Å². The van der Waals surface area contributed by atoms with Crippen molar-refractivity contribution in [1.82, 2.24) is 19.9 Å². The lowest BCUT2D eigenvalue weighted by molar-refractivity contribution is 0.0957. The van der Waals surface area contributed by atoms with Gasteiger partial charge in [0.05, 0.1) is 10.7 Å². The van der Waals surface area contributed by atoms with E-state index in [-0.39, 0.29) is 27.9 Å². The van der Waals surface area contributed by atoms with E-state index in [0.29, 0.717) is 28.2 Å². The van der Waals surface area contributed by atoms with Crippen LogP contribution in [-0.4, -0.2) is 33.4 Å². The molecule has 0 fully saturated rings. The molecule has 0 spiro atoms. The smallest absolute Gasteiger partial charge is 0.269 e. The molecule has 39 heavy (non-hydrogen) atoms. The zero-order valence-corrected chi connectivity index (χ0v) is 21.1. The minimum atomic E-state index is -0.647. The second kappa shape index (κ2) is 10.7. The predicted molar refractivity (Wildman–Crippen MR) is 144 cm³/mol. The standard InChI is InChI=1S/C28H19ClFN5O4/c1-31-27(37)24-15-20(10-12-32-24)39-19-7-4-17(5-8-19)34-26(36)21-13-16-3-2-11-33-25(16)35(28(21)38)18-6-9-23(30)22(29)14-18/h2-15H,1H3,(H,31,37)(H,34,36). The molecular weight excluding hydrogens is 525 g/mol. The van der Waals surface area contributed by atoms with Crippen LogP contribution in [0.4, 0.5) is 10.1 Å². The number of benzene rings is 2. The van der Waals surface area contributed by atoms with E-state index >= 15 is 0 Å². The van der Waals surface area contributed by atoms with Gasteiger partial charge in [-0.15, -0.1) is 0 Å². The lowest BCUT2D eigenvalue weighted by Gasteiger charge is -2.13. The summed E-state index contributed by atoms with van der Waals surface area (Å²) in [6.07, 6.45) is 2.97. The third-order valence-corrected chi connectivity index (χ3v) is 6.00. The molecule has 5 rings (SSSR count). The number of rotatable bonds is 6. The fraction of sp³-hybridized carbons (Fsp3) is 0.0357.